The highest BCUT2D eigenvalue weighted by Gasteiger charge is 2.29. The summed E-state index contributed by atoms with van der Waals surface area (Å²) in [5.74, 6) is 0.189. The number of nitrogens with zero attached hydrogens (tertiary/aromatic N) is 3. The van der Waals surface area contributed by atoms with Crippen molar-refractivity contribution in [1.29, 1.82) is 0 Å². The Morgan fingerprint density at radius 1 is 1.06 bits per heavy atom. The molecule has 0 aliphatic carbocycles. The first-order valence-corrected chi connectivity index (χ1v) is 12.4. The van der Waals surface area contributed by atoms with Crippen LogP contribution in [-0.4, -0.2) is 36.5 Å². The number of rotatable bonds is 6. The maximum absolute atomic E-state index is 13.3. The first-order valence-electron chi connectivity index (χ1n) is 11.5. The Labute approximate surface area is 208 Å². The second-order valence-electron chi connectivity index (χ2n) is 8.33. The Morgan fingerprint density at radius 3 is 2.66 bits per heavy atom. The molecule has 1 aliphatic heterocycles. The highest BCUT2D eigenvalue weighted by atomic mass is 32.1. The summed E-state index contributed by atoms with van der Waals surface area (Å²) >= 11 is 1.57. The van der Waals surface area contributed by atoms with Crippen molar-refractivity contribution in [2.24, 2.45) is 0 Å². The Morgan fingerprint density at radius 2 is 1.89 bits per heavy atom. The summed E-state index contributed by atoms with van der Waals surface area (Å²) in [6.45, 7) is 4.28. The molecule has 1 aliphatic rings. The molecule has 0 N–H and O–H groups in total. The minimum atomic E-state index is -0.244. The van der Waals surface area contributed by atoms with Gasteiger partial charge in [-0.2, -0.15) is 0 Å². The average Bonchev–Trinajstić information content (AvgIpc) is 3.37. The maximum Gasteiger partial charge on any atom is 0.265 e. The third-order valence-electron chi connectivity index (χ3n) is 5.95. The van der Waals surface area contributed by atoms with Crippen LogP contribution in [0.1, 0.15) is 12.5 Å². The Bertz CT molecular complexity index is 1380. The summed E-state index contributed by atoms with van der Waals surface area (Å²) in [6.07, 6.45) is 0. The van der Waals surface area contributed by atoms with Gasteiger partial charge in [0.2, 0.25) is 5.91 Å². The quantitative estimate of drug-likeness (QED) is 0.360. The number of aryl methyl sites for hydroxylation is 1. The molecule has 0 saturated heterocycles. The monoisotopic (exact) mass is 483 g/mol. The fourth-order valence-electron chi connectivity index (χ4n) is 4.17. The highest BCUT2D eigenvalue weighted by molar-refractivity contribution is 7.13. The topological polar surface area (TPSA) is 62.7 Å². The van der Waals surface area contributed by atoms with Crippen LogP contribution >= 0.6 is 11.3 Å². The second kappa shape index (κ2) is 9.72. The number of ether oxygens (including phenoxy) is 1. The third-order valence-corrected chi connectivity index (χ3v) is 6.84. The lowest BCUT2D eigenvalue weighted by molar-refractivity contribution is -0.124. The standard InChI is InChI=1S/C28H25N3O3S/c1-3-30(22-11-7-8-19(2)14-22)26(32)16-31-24-15-21(12-13-25(24)34-17-27(31)33)23-18-35-28(29-23)20-9-5-4-6-10-20/h4-15,18H,3,16-17H2,1-2H3. The van der Waals surface area contributed by atoms with Gasteiger partial charge in [-0.1, -0.05) is 42.5 Å². The number of hydrogen-bond donors (Lipinski definition) is 0. The smallest absolute Gasteiger partial charge is 0.265 e. The molecule has 0 fully saturated rings. The molecule has 4 aromatic rings. The van der Waals surface area contributed by atoms with Gasteiger partial charge < -0.3 is 9.64 Å². The molecule has 7 heteroatoms. The normalized spacial score (nSPS) is 12.7. The molecule has 35 heavy (non-hydrogen) atoms. The van der Waals surface area contributed by atoms with E-state index in [4.69, 9.17) is 9.72 Å². The van der Waals surface area contributed by atoms with Crippen molar-refractivity contribution in [2.45, 2.75) is 13.8 Å². The van der Waals surface area contributed by atoms with Crippen molar-refractivity contribution in [3.05, 3.63) is 83.7 Å². The number of anilines is 2. The number of likely N-dealkylation sites (N-methyl/N-ethyl adjacent to an activating group) is 1. The summed E-state index contributed by atoms with van der Waals surface area (Å²) in [5.41, 5.74) is 5.22. The van der Waals surface area contributed by atoms with Crippen LogP contribution in [0.15, 0.2) is 78.2 Å². The van der Waals surface area contributed by atoms with Gasteiger partial charge in [0.05, 0.1) is 11.4 Å². The fraction of sp³-hybridized carbons (Fsp3) is 0.179. The molecule has 0 saturated carbocycles. The van der Waals surface area contributed by atoms with Gasteiger partial charge in [0.25, 0.3) is 5.91 Å². The van der Waals surface area contributed by atoms with Gasteiger partial charge in [-0.25, -0.2) is 4.98 Å². The van der Waals surface area contributed by atoms with E-state index in [1.165, 1.54) is 4.90 Å². The van der Waals surface area contributed by atoms with Gasteiger partial charge in [-0.15, -0.1) is 11.3 Å². The fourth-order valence-corrected chi connectivity index (χ4v) is 5.01. The number of aromatic nitrogens is 1. The van der Waals surface area contributed by atoms with Crippen molar-refractivity contribution in [3.63, 3.8) is 0 Å². The molecule has 0 radical (unpaired) electrons. The van der Waals surface area contributed by atoms with Crippen LogP contribution in [0.2, 0.25) is 0 Å². The summed E-state index contributed by atoms with van der Waals surface area (Å²) in [4.78, 5) is 34.2. The van der Waals surface area contributed by atoms with Crippen LogP contribution in [0.25, 0.3) is 21.8 Å². The Hall–Kier alpha value is -3.97. The minimum Gasteiger partial charge on any atom is -0.482 e. The second-order valence-corrected chi connectivity index (χ2v) is 9.19. The highest BCUT2D eigenvalue weighted by Crippen LogP contribution is 2.37. The summed E-state index contributed by atoms with van der Waals surface area (Å²) in [5, 5.41) is 2.93. The van der Waals surface area contributed by atoms with Crippen LogP contribution < -0.4 is 14.5 Å². The molecule has 2 amide bonds. The largest absolute Gasteiger partial charge is 0.482 e. The molecular formula is C28H25N3O3S. The Balaban J connectivity index is 1.44. The number of fused-ring (bicyclic) bond motifs is 1. The Kier molecular flexibility index (Phi) is 6.33. The summed E-state index contributed by atoms with van der Waals surface area (Å²) in [6, 6.07) is 23.5. The van der Waals surface area contributed by atoms with Crippen LogP contribution in [0.4, 0.5) is 11.4 Å². The van der Waals surface area contributed by atoms with E-state index < -0.39 is 0 Å². The van der Waals surface area contributed by atoms with E-state index in [0.29, 0.717) is 18.0 Å². The molecule has 1 aromatic heterocycles. The van der Waals surface area contributed by atoms with Crippen molar-refractivity contribution >= 4 is 34.5 Å². The third kappa shape index (κ3) is 4.68. The van der Waals surface area contributed by atoms with Gasteiger partial charge in [0, 0.05) is 28.7 Å². The van der Waals surface area contributed by atoms with E-state index in [1.807, 2.05) is 92.0 Å². The molecule has 176 valence electrons. The number of thiazole rings is 1. The molecule has 0 unspecified atom stereocenters. The zero-order valence-electron chi connectivity index (χ0n) is 19.6. The molecule has 0 bridgehead atoms. The predicted octanol–water partition coefficient (Wildman–Crippen LogP) is 5.56. The molecule has 0 atom stereocenters. The van der Waals surface area contributed by atoms with E-state index in [1.54, 1.807) is 16.2 Å². The van der Waals surface area contributed by atoms with Crippen molar-refractivity contribution in [2.75, 3.05) is 29.5 Å². The molecule has 0 spiro atoms. The minimum absolute atomic E-state index is 0.0627. The molecule has 6 nitrogen and oxygen atoms in total. The van der Waals surface area contributed by atoms with E-state index in [2.05, 4.69) is 0 Å². The number of amides is 2. The van der Waals surface area contributed by atoms with Crippen molar-refractivity contribution in [3.8, 4) is 27.6 Å². The first kappa shape index (κ1) is 22.8. The van der Waals surface area contributed by atoms with Gasteiger partial charge in [-0.3, -0.25) is 14.5 Å². The van der Waals surface area contributed by atoms with Gasteiger partial charge >= 0.3 is 0 Å². The van der Waals surface area contributed by atoms with Gasteiger partial charge in [0.15, 0.2) is 6.61 Å². The predicted molar refractivity (Wildman–Crippen MR) is 140 cm³/mol. The number of carbonyl (C=O) groups is 2. The lowest BCUT2D eigenvalue weighted by atomic mass is 10.1. The van der Waals surface area contributed by atoms with Crippen molar-refractivity contribution in [1.82, 2.24) is 4.98 Å². The number of benzene rings is 3. The zero-order chi connectivity index (χ0) is 24.4. The van der Waals surface area contributed by atoms with Crippen molar-refractivity contribution < 1.29 is 14.3 Å². The van der Waals surface area contributed by atoms with Gasteiger partial charge in [0.1, 0.15) is 17.3 Å². The van der Waals surface area contributed by atoms with Crippen LogP contribution in [0, 0.1) is 6.92 Å². The van der Waals surface area contributed by atoms with E-state index >= 15 is 0 Å². The van der Waals surface area contributed by atoms with E-state index in [0.717, 1.165) is 33.1 Å². The lowest BCUT2D eigenvalue weighted by Crippen LogP contribution is -2.46. The van der Waals surface area contributed by atoms with E-state index in [9.17, 15) is 9.59 Å². The lowest BCUT2D eigenvalue weighted by Gasteiger charge is -2.31. The maximum atomic E-state index is 13.3. The zero-order valence-corrected chi connectivity index (χ0v) is 20.4. The van der Waals surface area contributed by atoms with Crippen LogP contribution in [-0.2, 0) is 9.59 Å². The molecular weight excluding hydrogens is 458 g/mol. The SMILES string of the molecule is CCN(C(=O)CN1C(=O)COc2ccc(-c3csc(-c4ccccc4)n3)cc21)c1cccc(C)c1. The van der Waals surface area contributed by atoms with Crippen LogP contribution in [0.3, 0.4) is 0 Å². The van der Waals surface area contributed by atoms with E-state index in [-0.39, 0.29) is 25.0 Å². The average molecular weight is 484 g/mol. The summed E-state index contributed by atoms with van der Waals surface area (Å²) in [7, 11) is 0. The molecule has 5 rings (SSSR count). The first-order chi connectivity index (χ1) is 17.0. The molecule has 2 heterocycles. The molecule has 3 aromatic carbocycles. The van der Waals surface area contributed by atoms with Gasteiger partial charge in [-0.05, 0) is 49.7 Å². The summed E-state index contributed by atoms with van der Waals surface area (Å²) < 4.78 is 5.67. The van der Waals surface area contributed by atoms with Crippen LogP contribution in [0.5, 0.6) is 5.75 Å². The number of hydrogen-bond acceptors (Lipinski definition) is 5. The number of carbonyl (C=O) groups excluding carboxylic acids is 2.